The number of esters is 2. The lowest BCUT2D eigenvalue weighted by molar-refractivity contribution is -0.144. The van der Waals surface area contributed by atoms with Gasteiger partial charge in [-0.15, -0.1) is 0 Å². The van der Waals surface area contributed by atoms with Crippen LogP contribution < -0.4 is 22.1 Å². The first kappa shape index (κ1) is 31.2. The van der Waals surface area contributed by atoms with Crippen LogP contribution in [0, 0.1) is 0 Å². The highest BCUT2D eigenvalue weighted by Crippen LogP contribution is 2.24. The number of carbonyl (C=O) groups is 4. The molecule has 0 fully saturated rings. The first-order valence-electron chi connectivity index (χ1n) is 11.8. The molecule has 0 aliphatic heterocycles. The molecule has 2 aromatic carbocycles. The van der Waals surface area contributed by atoms with E-state index in [2.05, 4.69) is 10.6 Å². The van der Waals surface area contributed by atoms with Crippen molar-refractivity contribution in [3.8, 4) is 0 Å². The maximum atomic E-state index is 12.6. The summed E-state index contributed by atoms with van der Waals surface area (Å²) in [5.41, 5.74) is 13.8. The molecule has 0 saturated carbocycles. The monoisotopic (exact) mass is 562 g/mol. The lowest BCUT2D eigenvalue weighted by Crippen LogP contribution is -2.51. The molecule has 206 valence electrons. The van der Waals surface area contributed by atoms with E-state index in [0.29, 0.717) is 12.8 Å². The van der Waals surface area contributed by atoms with Gasteiger partial charge in [-0.2, -0.15) is 0 Å². The molecule has 10 nitrogen and oxygen atoms in total. The number of nitrogens with two attached hydrogens (primary N) is 2. The van der Waals surface area contributed by atoms with E-state index in [1.807, 2.05) is 60.7 Å². The quantitative estimate of drug-likeness (QED) is 0.139. The topological polar surface area (TPSA) is 163 Å². The predicted molar refractivity (Wildman–Crippen MR) is 149 cm³/mol. The molecule has 6 N–H and O–H groups in total. The van der Waals surface area contributed by atoms with E-state index in [9.17, 15) is 19.2 Å². The van der Waals surface area contributed by atoms with Crippen LogP contribution in [0.2, 0.25) is 0 Å². The summed E-state index contributed by atoms with van der Waals surface area (Å²) in [6, 6.07) is 15.0. The maximum absolute atomic E-state index is 12.6. The fourth-order valence-electron chi connectivity index (χ4n) is 3.33. The van der Waals surface area contributed by atoms with E-state index < -0.39 is 47.9 Å². The van der Waals surface area contributed by atoms with Gasteiger partial charge in [0, 0.05) is 11.5 Å². The summed E-state index contributed by atoms with van der Waals surface area (Å²) in [5, 5.41) is 5.26. The Morgan fingerprint density at radius 2 is 1.03 bits per heavy atom. The molecule has 0 aliphatic carbocycles. The van der Waals surface area contributed by atoms with Crippen LogP contribution in [-0.4, -0.2) is 73.6 Å². The lowest BCUT2D eigenvalue weighted by Gasteiger charge is -2.20. The lowest BCUT2D eigenvalue weighted by atomic mass is 10.1. The van der Waals surface area contributed by atoms with Crippen molar-refractivity contribution in [3.05, 3.63) is 71.8 Å². The number of amides is 2. The summed E-state index contributed by atoms with van der Waals surface area (Å²) < 4.78 is 9.62. The molecule has 2 amide bonds. The Kier molecular flexibility index (Phi) is 13.7. The molecular formula is C26H34N4O6S2. The number of hydrogen-bond acceptors (Lipinski definition) is 10. The molecule has 0 saturated heterocycles. The van der Waals surface area contributed by atoms with Crippen molar-refractivity contribution in [2.24, 2.45) is 11.5 Å². The third-order valence-corrected chi connectivity index (χ3v) is 7.85. The second-order valence-electron chi connectivity index (χ2n) is 8.33. The first-order valence-corrected chi connectivity index (χ1v) is 14.3. The fraction of sp³-hybridized carbons (Fsp3) is 0.385. The summed E-state index contributed by atoms with van der Waals surface area (Å²) in [4.78, 5) is 49.6. The van der Waals surface area contributed by atoms with Crippen molar-refractivity contribution in [2.45, 2.75) is 37.0 Å². The zero-order valence-electron chi connectivity index (χ0n) is 21.3. The number of ether oxygens (including phenoxy) is 2. The van der Waals surface area contributed by atoms with Gasteiger partial charge in [0.2, 0.25) is 11.8 Å². The van der Waals surface area contributed by atoms with E-state index in [0.717, 1.165) is 11.1 Å². The number of nitrogens with one attached hydrogen (secondary N) is 2. The van der Waals surface area contributed by atoms with Gasteiger partial charge in [0.05, 0.1) is 26.3 Å². The smallest absolute Gasteiger partial charge is 0.329 e. The van der Waals surface area contributed by atoms with Crippen LogP contribution in [0.4, 0.5) is 0 Å². The van der Waals surface area contributed by atoms with E-state index in [-0.39, 0.29) is 11.5 Å². The predicted octanol–water partition coefficient (Wildman–Crippen LogP) is 0.823. The first-order chi connectivity index (χ1) is 18.2. The minimum Gasteiger partial charge on any atom is -0.467 e. The number of hydrogen-bond donors (Lipinski definition) is 4. The molecule has 0 radical (unpaired) electrons. The Morgan fingerprint density at radius 3 is 1.34 bits per heavy atom. The van der Waals surface area contributed by atoms with Gasteiger partial charge in [-0.3, -0.25) is 9.59 Å². The number of methoxy groups -OCH3 is 2. The van der Waals surface area contributed by atoms with Gasteiger partial charge >= 0.3 is 11.9 Å². The average molecular weight is 563 g/mol. The Labute approximate surface area is 230 Å². The van der Waals surface area contributed by atoms with E-state index in [1.54, 1.807) is 0 Å². The van der Waals surface area contributed by atoms with Crippen molar-refractivity contribution in [2.75, 3.05) is 25.7 Å². The summed E-state index contributed by atoms with van der Waals surface area (Å²) in [7, 11) is 4.91. The van der Waals surface area contributed by atoms with Crippen molar-refractivity contribution in [3.63, 3.8) is 0 Å². The molecule has 0 aliphatic rings. The Morgan fingerprint density at radius 1 is 0.684 bits per heavy atom. The molecule has 2 aromatic rings. The van der Waals surface area contributed by atoms with Crippen LogP contribution in [0.1, 0.15) is 11.1 Å². The van der Waals surface area contributed by atoms with Gasteiger partial charge in [0.25, 0.3) is 0 Å². The normalized spacial score (nSPS) is 13.9. The molecule has 4 atom stereocenters. The Bertz CT molecular complexity index is 961. The van der Waals surface area contributed by atoms with Crippen molar-refractivity contribution in [1.29, 1.82) is 0 Å². The zero-order chi connectivity index (χ0) is 27.9. The minimum absolute atomic E-state index is 0.149. The number of benzene rings is 2. The van der Waals surface area contributed by atoms with Gasteiger partial charge < -0.3 is 31.6 Å². The SMILES string of the molecule is COC(=O)C(CSSCC(NC(=O)C(N)Cc1ccccc1)C(=O)OC)NC(=O)C(N)Cc1ccccc1. The van der Waals surface area contributed by atoms with Crippen LogP contribution in [0.5, 0.6) is 0 Å². The Hall–Kier alpha value is -3.06. The number of carbonyl (C=O) groups excluding carboxylic acids is 4. The van der Waals surface area contributed by atoms with Gasteiger partial charge in [-0.1, -0.05) is 82.3 Å². The van der Waals surface area contributed by atoms with Crippen LogP contribution >= 0.6 is 21.6 Å². The molecule has 38 heavy (non-hydrogen) atoms. The molecule has 0 spiro atoms. The van der Waals surface area contributed by atoms with Crippen LogP contribution in [0.3, 0.4) is 0 Å². The molecule has 0 aromatic heterocycles. The summed E-state index contributed by atoms with van der Waals surface area (Å²) in [6.07, 6.45) is 0.630. The third kappa shape index (κ3) is 10.7. The third-order valence-electron chi connectivity index (χ3n) is 5.43. The highest BCUT2D eigenvalue weighted by atomic mass is 33.1. The molecule has 0 heterocycles. The van der Waals surface area contributed by atoms with Crippen molar-refractivity contribution >= 4 is 45.3 Å². The highest BCUT2D eigenvalue weighted by molar-refractivity contribution is 8.76. The van der Waals surface area contributed by atoms with Crippen molar-refractivity contribution < 1.29 is 28.7 Å². The molecule has 2 rings (SSSR count). The van der Waals surface area contributed by atoms with Crippen LogP contribution in [0.25, 0.3) is 0 Å². The second-order valence-corrected chi connectivity index (χ2v) is 10.9. The van der Waals surface area contributed by atoms with E-state index >= 15 is 0 Å². The van der Waals surface area contributed by atoms with Crippen LogP contribution in [0.15, 0.2) is 60.7 Å². The van der Waals surface area contributed by atoms with Gasteiger partial charge in [-0.25, -0.2) is 9.59 Å². The van der Waals surface area contributed by atoms with Gasteiger partial charge in [0.1, 0.15) is 12.1 Å². The number of rotatable bonds is 15. The zero-order valence-corrected chi connectivity index (χ0v) is 23.0. The average Bonchev–Trinajstić information content (AvgIpc) is 2.93. The van der Waals surface area contributed by atoms with E-state index in [1.165, 1.54) is 35.8 Å². The fourth-order valence-corrected chi connectivity index (χ4v) is 5.63. The second kappa shape index (κ2) is 16.7. The molecule has 0 bridgehead atoms. The summed E-state index contributed by atoms with van der Waals surface area (Å²) in [6.45, 7) is 0. The van der Waals surface area contributed by atoms with E-state index in [4.69, 9.17) is 20.9 Å². The maximum Gasteiger partial charge on any atom is 0.329 e. The van der Waals surface area contributed by atoms with Gasteiger partial charge in [0.15, 0.2) is 0 Å². The Balaban J connectivity index is 1.87. The summed E-state index contributed by atoms with van der Waals surface area (Å²) in [5.74, 6) is -1.91. The van der Waals surface area contributed by atoms with Gasteiger partial charge in [-0.05, 0) is 24.0 Å². The highest BCUT2D eigenvalue weighted by Gasteiger charge is 2.27. The minimum atomic E-state index is -0.947. The molecule has 4 unspecified atom stereocenters. The van der Waals surface area contributed by atoms with Crippen LogP contribution in [-0.2, 0) is 41.5 Å². The molecule has 12 heteroatoms. The van der Waals surface area contributed by atoms with Crippen molar-refractivity contribution in [1.82, 2.24) is 10.6 Å². The summed E-state index contributed by atoms with van der Waals surface area (Å²) >= 11 is 0. The standard InChI is InChI=1S/C26H34N4O6S2/c1-35-25(33)21(29-23(31)19(27)13-17-9-5-3-6-10-17)15-37-38-16-22(26(34)36-2)30-24(32)20(28)14-18-11-7-4-8-12-18/h3-12,19-22H,13-16,27-28H2,1-2H3,(H,29,31)(H,30,32). The largest absolute Gasteiger partial charge is 0.467 e. The molecular weight excluding hydrogens is 528 g/mol.